The van der Waals surface area contributed by atoms with Crippen LogP contribution in [0.15, 0.2) is 65.8 Å². The van der Waals surface area contributed by atoms with Crippen molar-refractivity contribution in [3.05, 3.63) is 93.7 Å². The van der Waals surface area contributed by atoms with Gasteiger partial charge in [-0.2, -0.15) is 0 Å². The predicted molar refractivity (Wildman–Crippen MR) is 138 cm³/mol. The topological polar surface area (TPSA) is 85.6 Å². The van der Waals surface area contributed by atoms with Gasteiger partial charge in [0.2, 0.25) is 0 Å². The maximum Gasteiger partial charge on any atom is 0.340 e. The van der Waals surface area contributed by atoms with E-state index < -0.39 is 11.6 Å². The molecule has 4 aromatic rings. The Hall–Kier alpha value is -4.00. The lowest BCUT2D eigenvalue weighted by Gasteiger charge is -2.23. The third kappa shape index (κ3) is 5.09. The Kier molecular flexibility index (Phi) is 6.43. The molecule has 1 N–H and O–H groups in total. The summed E-state index contributed by atoms with van der Waals surface area (Å²) < 4.78 is 7.19. The number of fused-ring (bicyclic) bond motifs is 1. The minimum atomic E-state index is -0.603. The zero-order valence-electron chi connectivity index (χ0n) is 20.9. The van der Waals surface area contributed by atoms with Gasteiger partial charge in [-0.05, 0) is 77.4 Å². The van der Waals surface area contributed by atoms with Crippen LogP contribution >= 0.6 is 0 Å². The highest BCUT2D eigenvalue weighted by Gasteiger charge is 2.22. The average Bonchev–Trinajstić information content (AvgIpc) is 2.81. The van der Waals surface area contributed by atoms with Gasteiger partial charge >= 0.3 is 5.97 Å². The van der Waals surface area contributed by atoms with E-state index in [0.29, 0.717) is 28.2 Å². The number of nitrogens with one attached hydrogen (secondary N) is 1. The lowest BCUT2D eigenvalue weighted by molar-refractivity contribution is 0.00706. The largest absolute Gasteiger partial charge is 0.456 e. The molecule has 3 aromatic heterocycles. The molecule has 7 nitrogen and oxygen atoms in total. The standard InChI is InChI=1S/C28H30N4O3/c1-17-14-22(19(3)30-23-12-8-7-11-21(23)27(34)35-28(4,5)6)25-31-24(20-10-9-13-29-15-20)18(2)26(33)32(25)16-17/h7-16,19,30H,1-6H3/t19-/m1/s1. The monoisotopic (exact) mass is 470 g/mol. The van der Waals surface area contributed by atoms with Crippen molar-refractivity contribution >= 4 is 17.3 Å². The number of aromatic nitrogens is 3. The Bertz CT molecular complexity index is 1450. The number of aryl methyl sites for hydroxylation is 1. The normalized spacial score (nSPS) is 12.4. The molecule has 0 bridgehead atoms. The van der Waals surface area contributed by atoms with Crippen LogP contribution in [0.5, 0.6) is 0 Å². The van der Waals surface area contributed by atoms with Gasteiger partial charge in [-0.25, -0.2) is 9.78 Å². The van der Waals surface area contributed by atoms with E-state index in [4.69, 9.17) is 9.72 Å². The van der Waals surface area contributed by atoms with Crippen molar-refractivity contribution < 1.29 is 9.53 Å². The molecule has 180 valence electrons. The lowest BCUT2D eigenvalue weighted by atomic mass is 10.0. The third-order valence-electron chi connectivity index (χ3n) is 5.63. The first-order valence-corrected chi connectivity index (χ1v) is 11.6. The smallest absolute Gasteiger partial charge is 0.340 e. The Morgan fingerprint density at radius 1 is 1.11 bits per heavy atom. The molecule has 4 rings (SSSR count). The number of pyridine rings is 2. The Morgan fingerprint density at radius 2 is 1.86 bits per heavy atom. The second kappa shape index (κ2) is 9.33. The minimum Gasteiger partial charge on any atom is -0.456 e. The molecule has 1 aromatic carbocycles. The number of carbonyl (C=O) groups is 1. The van der Waals surface area contributed by atoms with Crippen molar-refractivity contribution in [2.75, 3.05) is 5.32 Å². The van der Waals surface area contributed by atoms with Crippen LogP contribution in [0.1, 0.15) is 60.8 Å². The zero-order valence-corrected chi connectivity index (χ0v) is 20.9. The van der Waals surface area contributed by atoms with E-state index >= 15 is 0 Å². The van der Waals surface area contributed by atoms with Crippen molar-refractivity contribution in [1.29, 1.82) is 0 Å². The van der Waals surface area contributed by atoms with Crippen LogP contribution in [0.2, 0.25) is 0 Å². The highest BCUT2D eigenvalue weighted by molar-refractivity contribution is 5.96. The molecular formula is C28H30N4O3. The molecule has 0 unspecified atom stereocenters. The molecule has 0 saturated carbocycles. The predicted octanol–water partition coefficient (Wildman–Crippen LogP) is 5.50. The summed E-state index contributed by atoms with van der Waals surface area (Å²) in [6.45, 7) is 11.2. The number of esters is 1. The molecule has 0 fully saturated rings. The molecule has 0 saturated heterocycles. The molecule has 0 amide bonds. The van der Waals surface area contributed by atoms with E-state index in [1.54, 1.807) is 42.0 Å². The first-order chi connectivity index (χ1) is 16.5. The van der Waals surface area contributed by atoms with E-state index in [2.05, 4.69) is 10.3 Å². The Labute approximate surface area is 204 Å². The van der Waals surface area contributed by atoms with E-state index in [0.717, 1.165) is 16.7 Å². The molecule has 35 heavy (non-hydrogen) atoms. The van der Waals surface area contributed by atoms with E-state index in [1.165, 1.54) is 0 Å². The summed E-state index contributed by atoms with van der Waals surface area (Å²) in [7, 11) is 0. The average molecular weight is 471 g/mol. The van der Waals surface area contributed by atoms with Crippen molar-refractivity contribution in [2.45, 2.75) is 53.2 Å². The van der Waals surface area contributed by atoms with Crippen LogP contribution in [0.4, 0.5) is 5.69 Å². The molecule has 1 atom stereocenters. The number of nitrogens with zero attached hydrogens (tertiary/aromatic N) is 3. The van der Waals surface area contributed by atoms with Crippen LogP contribution in [-0.4, -0.2) is 25.9 Å². The van der Waals surface area contributed by atoms with Gasteiger partial charge in [0, 0.05) is 41.0 Å². The Balaban J connectivity index is 1.81. The first kappa shape index (κ1) is 24.1. The molecule has 0 spiro atoms. The summed E-state index contributed by atoms with van der Waals surface area (Å²) in [6.07, 6.45) is 5.20. The molecule has 0 aliphatic carbocycles. The molecule has 7 heteroatoms. The fourth-order valence-electron chi connectivity index (χ4n) is 4.03. The molecule has 0 aliphatic rings. The highest BCUT2D eigenvalue weighted by atomic mass is 16.6. The minimum absolute atomic E-state index is 0.125. The van der Waals surface area contributed by atoms with Crippen LogP contribution in [-0.2, 0) is 4.74 Å². The zero-order chi connectivity index (χ0) is 25.3. The molecule has 0 aliphatic heterocycles. The van der Waals surface area contributed by atoms with Gasteiger partial charge in [0.15, 0.2) is 0 Å². The van der Waals surface area contributed by atoms with E-state index in [9.17, 15) is 9.59 Å². The number of anilines is 1. The fourth-order valence-corrected chi connectivity index (χ4v) is 4.03. The quantitative estimate of drug-likeness (QED) is 0.388. The van der Waals surface area contributed by atoms with Gasteiger partial charge in [0.25, 0.3) is 5.56 Å². The summed E-state index contributed by atoms with van der Waals surface area (Å²) in [5, 5.41) is 3.44. The van der Waals surface area contributed by atoms with E-state index in [-0.39, 0.29) is 11.6 Å². The van der Waals surface area contributed by atoms with Crippen LogP contribution < -0.4 is 10.9 Å². The highest BCUT2D eigenvalue weighted by Crippen LogP contribution is 2.28. The van der Waals surface area contributed by atoms with Gasteiger partial charge in [-0.3, -0.25) is 14.2 Å². The van der Waals surface area contributed by atoms with Gasteiger partial charge in [-0.15, -0.1) is 0 Å². The van der Waals surface area contributed by atoms with Crippen LogP contribution in [0.25, 0.3) is 16.9 Å². The molecule has 0 radical (unpaired) electrons. The summed E-state index contributed by atoms with van der Waals surface area (Å²) in [5.74, 6) is -0.397. The fraction of sp³-hybridized carbons (Fsp3) is 0.286. The molecule has 3 heterocycles. The van der Waals surface area contributed by atoms with Crippen molar-refractivity contribution in [3.63, 3.8) is 0 Å². The first-order valence-electron chi connectivity index (χ1n) is 11.6. The number of para-hydroxylation sites is 1. The van der Waals surface area contributed by atoms with Gasteiger partial charge in [0.1, 0.15) is 11.2 Å². The number of hydrogen-bond acceptors (Lipinski definition) is 6. The number of carbonyl (C=O) groups excluding carboxylic acids is 1. The summed E-state index contributed by atoms with van der Waals surface area (Å²) in [6, 6.07) is 12.7. The second-order valence-corrected chi connectivity index (χ2v) is 9.71. The number of hydrogen-bond donors (Lipinski definition) is 1. The van der Waals surface area contributed by atoms with Crippen molar-refractivity contribution in [3.8, 4) is 11.3 Å². The summed E-state index contributed by atoms with van der Waals surface area (Å²) in [5.41, 5.74) is 4.64. The summed E-state index contributed by atoms with van der Waals surface area (Å²) >= 11 is 0. The van der Waals surface area contributed by atoms with Crippen LogP contribution in [0.3, 0.4) is 0 Å². The third-order valence-corrected chi connectivity index (χ3v) is 5.63. The number of ether oxygens (including phenoxy) is 1. The summed E-state index contributed by atoms with van der Waals surface area (Å²) in [4.78, 5) is 35.2. The Morgan fingerprint density at radius 3 is 2.54 bits per heavy atom. The molecular weight excluding hydrogens is 440 g/mol. The van der Waals surface area contributed by atoms with Gasteiger partial charge < -0.3 is 10.1 Å². The van der Waals surface area contributed by atoms with Gasteiger partial charge in [-0.1, -0.05) is 12.1 Å². The maximum atomic E-state index is 13.3. The van der Waals surface area contributed by atoms with Gasteiger partial charge in [0.05, 0.1) is 17.3 Å². The maximum absolute atomic E-state index is 13.3. The van der Waals surface area contributed by atoms with Crippen molar-refractivity contribution in [2.24, 2.45) is 0 Å². The SMILES string of the molecule is Cc1cc([C@@H](C)Nc2ccccc2C(=O)OC(C)(C)C)c2nc(-c3cccnc3)c(C)c(=O)n2c1. The van der Waals surface area contributed by atoms with Crippen molar-refractivity contribution in [1.82, 2.24) is 14.4 Å². The number of benzene rings is 1. The number of rotatable bonds is 5. The van der Waals surface area contributed by atoms with Crippen LogP contribution in [0, 0.1) is 13.8 Å². The second-order valence-electron chi connectivity index (χ2n) is 9.71. The lowest BCUT2D eigenvalue weighted by Crippen LogP contribution is -2.25. The van der Waals surface area contributed by atoms with E-state index in [1.807, 2.05) is 65.0 Å².